The van der Waals surface area contributed by atoms with Crippen molar-refractivity contribution >= 4 is 7.25 Å². The number of nitrogens with zero attached hydrogens (tertiary/aromatic N) is 1. The maximum absolute atomic E-state index is 9.75. The summed E-state index contributed by atoms with van der Waals surface area (Å²) >= 11 is 0. The average molecular weight is 232 g/mol. The van der Waals surface area contributed by atoms with E-state index in [0.29, 0.717) is 0 Å². The number of halogens is 4. The van der Waals surface area contributed by atoms with Crippen LogP contribution < -0.4 is 0 Å². The fraction of sp³-hybridized carbons (Fsp3) is 1.00. The summed E-state index contributed by atoms with van der Waals surface area (Å²) in [6, 6.07) is 0. The molecule has 0 aromatic rings. The van der Waals surface area contributed by atoms with E-state index in [4.69, 9.17) is 0 Å². The first-order valence-corrected chi connectivity index (χ1v) is 5.24. The van der Waals surface area contributed by atoms with E-state index in [1.165, 1.54) is 32.2 Å². The lowest BCUT2D eigenvalue weighted by atomic mass is 10.2. The molecule has 0 aromatic heterocycles. The summed E-state index contributed by atoms with van der Waals surface area (Å²) < 4.78 is 40.1. The van der Waals surface area contributed by atoms with Gasteiger partial charge in [-0.05, 0) is 12.8 Å². The van der Waals surface area contributed by atoms with Crippen LogP contribution in [0.3, 0.4) is 0 Å². The van der Waals surface area contributed by atoms with Crippen LogP contribution in [0, 0.1) is 0 Å². The highest BCUT2D eigenvalue weighted by atomic mass is 19.5. The Morgan fingerprint density at radius 2 is 1.33 bits per heavy atom. The lowest BCUT2D eigenvalue weighted by molar-refractivity contribution is -0.870. The minimum atomic E-state index is -6.00. The molecule has 0 amide bonds. The van der Waals surface area contributed by atoms with Crippen molar-refractivity contribution in [1.82, 2.24) is 0 Å². The van der Waals surface area contributed by atoms with Gasteiger partial charge in [-0.2, -0.15) is 0 Å². The highest BCUT2D eigenvalue weighted by Gasteiger charge is 2.20. The Balaban J connectivity index is -0.000000242. The van der Waals surface area contributed by atoms with Gasteiger partial charge in [0.25, 0.3) is 0 Å². The summed E-state index contributed by atoms with van der Waals surface area (Å²) in [5, 5.41) is 0. The first-order valence-electron chi connectivity index (χ1n) is 5.24. The van der Waals surface area contributed by atoms with Gasteiger partial charge in [-0.1, -0.05) is 19.8 Å². The van der Waals surface area contributed by atoms with Crippen LogP contribution in [0.2, 0.25) is 0 Å². The fourth-order valence-electron chi connectivity index (χ4n) is 1.01. The molecule has 0 atom stereocenters. The molecule has 0 N–H and O–H groups in total. The number of unbranched alkanes of at least 4 members (excludes halogenated alkanes) is 3. The summed E-state index contributed by atoms with van der Waals surface area (Å²) in [5.41, 5.74) is 0. The Hall–Kier alpha value is -0.255. The van der Waals surface area contributed by atoms with E-state index in [0.717, 1.165) is 4.48 Å². The molecule has 94 valence electrons. The molecule has 0 saturated carbocycles. The third kappa shape index (κ3) is 41.7. The minimum absolute atomic E-state index is 0. The first-order chi connectivity index (χ1) is 6.56. The van der Waals surface area contributed by atoms with Crippen LogP contribution in [0.1, 0.15) is 34.0 Å². The van der Waals surface area contributed by atoms with Gasteiger partial charge in [-0.3, -0.25) is 0 Å². The Labute approximate surface area is 91.6 Å². The highest BCUT2D eigenvalue weighted by Crippen LogP contribution is 2.06. The molecule has 0 spiro atoms. The molecule has 0 rings (SSSR count). The zero-order valence-corrected chi connectivity index (χ0v) is 10.1. The Morgan fingerprint density at radius 1 is 0.933 bits per heavy atom. The van der Waals surface area contributed by atoms with E-state index in [-0.39, 0.29) is 1.43 Å². The third-order valence-corrected chi connectivity index (χ3v) is 1.68. The zero-order chi connectivity index (χ0) is 12.5. The molecular formula is C9H23BF4N+. The zero-order valence-electron chi connectivity index (χ0n) is 11.1. The number of hydrogen-bond donors (Lipinski definition) is 0. The first kappa shape index (κ1) is 17.1. The van der Waals surface area contributed by atoms with Crippen molar-refractivity contribution in [2.75, 3.05) is 27.7 Å². The normalized spacial score (nSPS) is 12.0. The lowest BCUT2D eigenvalue weighted by Gasteiger charge is -2.23. The van der Waals surface area contributed by atoms with Gasteiger partial charge in [-0.25, -0.2) is 0 Å². The van der Waals surface area contributed by atoms with Crippen LogP contribution in [0.5, 0.6) is 0 Å². The molecule has 0 unspecified atom stereocenters. The summed E-state index contributed by atoms with van der Waals surface area (Å²) in [6.07, 6.45) is 5.54. The summed E-state index contributed by atoms with van der Waals surface area (Å²) in [6.45, 7) is 3.58. The maximum Gasteiger partial charge on any atom is 1.00 e. The van der Waals surface area contributed by atoms with E-state index >= 15 is 0 Å². The number of quaternary nitrogens is 1. The molecule has 0 aromatic carbocycles. The third-order valence-electron chi connectivity index (χ3n) is 1.68. The molecule has 0 aliphatic heterocycles. The van der Waals surface area contributed by atoms with Crippen LogP contribution in [0.25, 0.3) is 0 Å². The van der Waals surface area contributed by atoms with E-state index in [2.05, 4.69) is 28.1 Å². The second-order valence-corrected chi connectivity index (χ2v) is 4.57. The SMILES string of the molecule is CCCCCC[N+](C)(C)C.F[B-](F)(F)F.[H+]. The second-order valence-electron chi connectivity index (χ2n) is 4.57. The van der Waals surface area contributed by atoms with Crippen LogP contribution in [0.4, 0.5) is 17.3 Å². The Morgan fingerprint density at radius 3 is 1.60 bits per heavy atom. The molecule has 0 heterocycles. The lowest BCUT2D eigenvalue weighted by Crippen LogP contribution is -2.35. The van der Waals surface area contributed by atoms with Gasteiger partial charge in [0, 0.05) is 0 Å². The van der Waals surface area contributed by atoms with Crippen molar-refractivity contribution in [3.8, 4) is 0 Å². The van der Waals surface area contributed by atoms with Gasteiger partial charge in [0.15, 0.2) is 0 Å². The smallest absolute Gasteiger partial charge is 0.418 e. The molecule has 0 bridgehead atoms. The van der Waals surface area contributed by atoms with Gasteiger partial charge in [0.1, 0.15) is 0 Å². The van der Waals surface area contributed by atoms with Crippen molar-refractivity contribution in [2.45, 2.75) is 32.6 Å². The largest absolute Gasteiger partial charge is 1.00 e. The van der Waals surface area contributed by atoms with Crippen LogP contribution in [-0.2, 0) is 0 Å². The van der Waals surface area contributed by atoms with Crippen molar-refractivity contribution in [1.29, 1.82) is 0 Å². The fourth-order valence-corrected chi connectivity index (χ4v) is 1.01. The molecular weight excluding hydrogens is 209 g/mol. The Bertz CT molecular complexity index is 141. The van der Waals surface area contributed by atoms with Gasteiger partial charge in [-0.15, -0.1) is 0 Å². The van der Waals surface area contributed by atoms with E-state index in [1.807, 2.05) is 0 Å². The number of rotatable bonds is 5. The average Bonchev–Trinajstić information content (AvgIpc) is 1.93. The monoisotopic (exact) mass is 232 g/mol. The molecule has 6 heteroatoms. The van der Waals surface area contributed by atoms with Crippen molar-refractivity contribution in [2.24, 2.45) is 0 Å². The second kappa shape index (κ2) is 7.96. The van der Waals surface area contributed by atoms with Crippen LogP contribution in [0.15, 0.2) is 0 Å². The van der Waals surface area contributed by atoms with Crippen LogP contribution in [-0.4, -0.2) is 39.4 Å². The van der Waals surface area contributed by atoms with Crippen LogP contribution >= 0.6 is 0 Å². The quantitative estimate of drug-likeness (QED) is 0.293. The van der Waals surface area contributed by atoms with E-state index in [1.54, 1.807) is 0 Å². The topological polar surface area (TPSA) is 0 Å². The minimum Gasteiger partial charge on any atom is -0.418 e. The molecule has 15 heavy (non-hydrogen) atoms. The predicted molar refractivity (Wildman–Crippen MR) is 58.3 cm³/mol. The standard InChI is InChI=1S/C9H22N.BF4/c1-5-6-7-8-9-10(2,3)4;2-1(3,4)5/h5-9H2,1-4H3;/q+1;-1/p+1. The van der Waals surface area contributed by atoms with Gasteiger partial charge in [0.05, 0.1) is 27.7 Å². The van der Waals surface area contributed by atoms with E-state index in [9.17, 15) is 17.3 Å². The van der Waals surface area contributed by atoms with Gasteiger partial charge >= 0.3 is 8.68 Å². The molecule has 0 aliphatic rings. The van der Waals surface area contributed by atoms with E-state index < -0.39 is 7.25 Å². The highest BCUT2D eigenvalue weighted by molar-refractivity contribution is 6.50. The molecule has 0 aliphatic carbocycles. The Kier molecular flexibility index (Phi) is 9.10. The summed E-state index contributed by atoms with van der Waals surface area (Å²) in [5.74, 6) is 0. The molecule has 1 nitrogen and oxygen atoms in total. The summed E-state index contributed by atoms with van der Waals surface area (Å²) in [4.78, 5) is 0. The molecule has 0 radical (unpaired) electrons. The molecule has 0 saturated heterocycles. The van der Waals surface area contributed by atoms with Gasteiger partial charge < -0.3 is 21.7 Å². The van der Waals surface area contributed by atoms with Crippen molar-refractivity contribution in [3.05, 3.63) is 0 Å². The number of hydrogen-bond acceptors (Lipinski definition) is 0. The van der Waals surface area contributed by atoms with Gasteiger partial charge in [0.2, 0.25) is 0 Å². The maximum atomic E-state index is 9.75. The predicted octanol–water partition coefficient (Wildman–Crippen LogP) is 3.69. The molecule has 0 fully saturated rings. The summed E-state index contributed by atoms with van der Waals surface area (Å²) in [7, 11) is 0.768. The van der Waals surface area contributed by atoms with Crippen molar-refractivity contribution in [3.63, 3.8) is 0 Å². The van der Waals surface area contributed by atoms with Crippen molar-refractivity contribution < 1.29 is 23.2 Å².